The summed E-state index contributed by atoms with van der Waals surface area (Å²) in [5, 5.41) is 3.30. The number of hydrogen-bond acceptors (Lipinski definition) is 4. The van der Waals surface area contributed by atoms with Crippen molar-refractivity contribution in [2.75, 3.05) is 11.9 Å². The first kappa shape index (κ1) is 15.3. The highest BCUT2D eigenvalue weighted by atomic mass is 16.7. The van der Waals surface area contributed by atoms with Crippen LogP contribution in [0.15, 0.2) is 24.3 Å². The molecule has 0 heterocycles. The molecule has 0 spiro atoms. The van der Waals surface area contributed by atoms with E-state index in [1.54, 1.807) is 0 Å². The number of anilines is 1. The second-order valence-electron chi connectivity index (χ2n) is 5.24. The predicted octanol–water partition coefficient (Wildman–Crippen LogP) is 3.82. The summed E-state index contributed by atoms with van der Waals surface area (Å²) in [6.07, 6.45) is -0.613. The molecule has 1 N–H and O–H groups in total. The van der Waals surface area contributed by atoms with Crippen molar-refractivity contribution < 1.29 is 14.3 Å². The molecule has 0 amide bonds. The lowest BCUT2D eigenvalue weighted by molar-refractivity contribution is 0.0425. The number of hydrogen-bond donors (Lipinski definition) is 1. The van der Waals surface area contributed by atoms with Gasteiger partial charge in [0.05, 0.1) is 6.61 Å². The quantitative estimate of drug-likeness (QED) is 0.794. The summed E-state index contributed by atoms with van der Waals surface area (Å²) in [6, 6.07) is 8.20. The van der Waals surface area contributed by atoms with E-state index in [0.717, 1.165) is 11.3 Å². The first-order chi connectivity index (χ1) is 8.97. The minimum atomic E-state index is -0.613. The lowest BCUT2D eigenvalue weighted by Gasteiger charge is -2.11. The Morgan fingerprint density at radius 2 is 1.74 bits per heavy atom. The van der Waals surface area contributed by atoms with Gasteiger partial charge in [0.15, 0.2) is 0 Å². The molecule has 1 aromatic rings. The third-order valence-electron chi connectivity index (χ3n) is 2.30. The van der Waals surface area contributed by atoms with Gasteiger partial charge >= 0.3 is 6.16 Å². The highest BCUT2D eigenvalue weighted by molar-refractivity contribution is 5.60. The summed E-state index contributed by atoms with van der Waals surface area (Å²) in [4.78, 5) is 11.3. The van der Waals surface area contributed by atoms with E-state index in [1.807, 2.05) is 38.1 Å². The van der Waals surface area contributed by atoms with Crippen molar-refractivity contribution in [2.45, 2.75) is 40.3 Å². The van der Waals surface area contributed by atoms with E-state index < -0.39 is 6.16 Å². The normalized spacial score (nSPS) is 10.6. The second kappa shape index (κ2) is 7.67. The number of nitrogens with one attached hydrogen (secondary N) is 1. The van der Waals surface area contributed by atoms with Gasteiger partial charge in [0.25, 0.3) is 0 Å². The lowest BCUT2D eigenvalue weighted by Crippen LogP contribution is -2.12. The molecule has 1 aromatic carbocycles. The maximum atomic E-state index is 11.3. The maximum Gasteiger partial charge on any atom is 0.508 e. The Morgan fingerprint density at radius 1 is 1.11 bits per heavy atom. The summed E-state index contributed by atoms with van der Waals surface area (Å²) in [6.45, 7) is 8.75. The fraction of sp³-hybridized carbons (Fsp3) is 0.533. The van der Waals surface area contributed by atoms with Crippen molar-refractivity contribution in [3.8, 4) is 0 Å². The van der Waals surface area contributed by atoms with Gasteiger partial charge in [-0.3, -0.25) is 0 Å². The van der Waals surface area contributed by atoms with Crippen LogP contribution in [0.1, 0.15) is 33.3 Å². The fourth-order valence-electron chi connectivity index (χ4n) is 1.45. The summed E-state index contributed by atoms with van der Waals surface area (Å²) < 4.78 is 9.95. The first-order valence-corrected chi connectivity index (χ1v) is 6.62. The fourth-order valence-corrected chi connectivity index (χ4v) is 1.45. The van der Waals surface area contributed by atoms with Crippen LogP contribution in [0.4, 0.5) is 10.5 Å². The van der Waals surface area contributed by atoms with Crippen LogP contribution in [0.2, 0.25) is 0 Å². The largest absolute Gasteiger partial charge is 0.508 e. The van der Waals surface area contributed by atoms with Gasteiger partial charge in [-0.2, -0.15) is 0 Å². The van der Waals surface area contributed by atoms with Crippen LogP contribution in [0.3, 0.4) is 0 Å². The molecule has 0 bridgehead atoms. The topological polar surface area (TPSA) is 47.6 Å². The summed E-state index contributed by atoms with van der Waals surface area (Å²) in [5.74, 6) is 0.314. The Morgan fingerprint density at radius 3 is 2.26 bits per heavy atom. The molecule has 0 radical (unpaired) electrons. The molecule has 106 valence electrons. The zero-order chi connectivity index (χ0) is 14.3. The average Bonchev–Trinajstić information content (AvgIpc) is 2.35. The number of carbonyl (C=O) groups excluding carboxylic acids is 1. The van der Waals surface area contributed by atoms with Crippen molar-refractivity contribution >= 4 is 11.8 Å². The zero-order valence-electron chi connectivity index (χ0n) is 12.1. The molecule has 0 atom stereocenters. The van der Waals surface area contributed by atoms with Gasteiger partial charge in [-0.1, -0.05) is 26.0 Å². The third-order valence-corrected chi connectivity index (χ3v) is 2.30. The maximum absolute atomic E-state index is 11.3. The molecule has 4 nitrogen and oxygen atoms in total. The number of carbonyl (C=O) groups is 1. The number of benzene rings is 1. The summed E-state index contributed by atoms with van der Waals surface area (Å²) >= 11 is 0. The van der Waals surface area contributed by atoms with Gasteiger partial charge in [-0.25, -0.2) is 4.79 Å². The molecule has 1 rings (SSSR count). The van der Waals surface area contributed by atoms with Gasteiger partial charge in [0.2, 0.25) is 0 Å². The second-order valence-corrected chi connectivity index (χ2v) is 5.24. The predicted molar refractivity (Wildman–Crippen MR) is 76.2 cm³/mol. The van der Waals surface area contributed by atoms with E-state index in [0.29, 0.717) is 18.6 Å². The van der Waals surface area contributed by atoms with Gasteiger partial charge < -0.3 is 14.8 Å². The Kier molecular flexibility index (Phi) is 6.19. The number of rotatable bonds is 6. The van der Waals surface area contributed by atoms with Crippen LogP contribution in [0.25, 0.3) is 0 Å². The molecular formula is C15H23NO3. The van der Waals surface area contributed by atoms with E-state index in [2.05, 4.69) is 19.2 Å². The van der Waals surface area contributed by atoms with Gasteiger partial charge in [0, 0.05) is 11.7 Å². The van der Waals surface area contributed by atoms with Crippen LogP contribution in [0.5, 0.6) is 0 Å². The molecule has 0 unspecified atom stereocenters. The third kappa shape index (κ3) is 6.70. The Labute approximate surface area is 115 Å². The monoisotopic (exact) mass is 265 g/mol. The molecule has 0 saturated carbocycles. The van der Waals surface area contributed by atoms with Crippen molar-refractivity contribution in [2.24, 2.45) is 5.92 Å². The van der Waals surface area contributed by atoms with Gasteiger partial charge in [0.1, 0.15) is 6.61 Å². The van der Waals surface area contributed by atoms with Crippen molar-refractivity contribution in [1.29, 1.82) is 0 Å². The van der Waals surface area contributed by atoms with Gasteiger partial charge in [-0.15, -0.1) is 0 Å². The van der Waals surface area contributed by atoms with Crippen LogP contribution in [0, 0.1) is 5.92 Å². The van der Waals surface area contributed by atoms with Crippen LogP contribution in [-0.4, -0.2) is 18.8 Å². The molecular weight excluding hydrogens is 242 g/mol. The first-order valence-electron chi connectivity index (χ1n) is 6.62. The van der Waals surface area contributed by atoms with Crippen molar-refractivity contribution in [1.82, 2.24) is 0 Å². The number of ether oxygens (including phenoxy) is 2. The molecule has 19 heavy (non-hydrogen) atoms. The Hall–Kier alpha value is -1.71. The Bertz CT molecular complexity index is 385. The van der Waals surface area contributed by atoms with E-state index in [1.165, 1.54) is 0 Å². The van der Waals surface area contributed by atoms with E-state index >= 15 is 0 Å². The average molecular weight is 265 g/mol. The van der Waals surface area contributed by atoms with Crippen LogP contribution >= 0.6 is 0 Å². The van der Waals surface area contributed by atoms with E-state index in [-0.39, 0.29) is 6.61 Å². The van der Waals surface area contributed by atoms with Crippen molar-refractivity contribution in [3.63, 3.8) is 0 Å². The van der Waals surface area contributed by atoms with E-state index in [9.17, 15) is 4.79 Å². The Balaban J connectivity index is 2.35. The zero-order valence-corrected chi connectivity index (χ0v) is 12.1. The van der Waals surface area contributed by atoms with Crippen LogP contribution < -0.4 is 5.32 Å². The molecule has 4 heteroatoms. The molecule has 0 aromatic heterocycles. The molecule has 0 aliphatic rings. The summed E-state index contributed by atoms with van der Waals surface area (Å²) in [5.41, 5.74) is 2.00. The highest BCUT2D eigenvalue weighted by Gasteiger charge is 2.05. The minimum absolute atomic E-state index is 0.235. The lowest BCUT2D eigenvalue weighted by atomic mass is 10.2. The molecule has 0 aliphatic heterocycles. The smallest absolute Gasteiger partial charge is 0.434 e. The van der Waals surface area contributed by atoms with Crippen LogP contribution in [-0.2, 0) is 16.1 Å². The SMILES string of the molecule is CC(C)COC(=O)OCc1ccc(NC(C)C)cc1. The standard InChI is InChI=1S/C15H23NO3/c1-11(2)9-18-15(17)19-10-13-5-7-14(8-6-13)16-12(3)4/h5-8,11-12,16H,9-10H2,1-4H3. The molecule has 0 fully saturated rings. The van der Waals surface area contributed by atoms with Crippen molar-refractivity contribution in [3.05, 3.63) is 29.8 Å². The minimum Gasteiger partial charge on any atom is -0.434 e. The van der Waals surface area contributed by atoms with Gasteiger partial charge in [-0.05, 0) is 37.5 Å². The summed E-state index contributed by atoms with van der Waals surface area (Å²) in [7, 11) is 0. The molecule has 0 aliphatic carbocycles. The molecule has 0 saturated heterocycles. The van der Waals surface area contributed by atoms with E-state index in [4.69, 9.17) is 9.47 Å². The highest BCUT2D eigenvalue weighted by Crippen LogP contribution is 2.11.